The molecule has 2 heterocycles. The maximum absolute atomic E-state index is 11.1. The lowest BCUT2D eigenvalue weighted by Gasteiger charge is -2.06. The van der Waals surface area contributed by atoms with Crippen molar-refractivity contribution in [2.45, 2.75) is 30.2 Å². The van der Waals surface area contributed by atoms with Gasteiger partial charge in [0.05, 0.1) is 16.1 Å². The Hall–Kier alpha value is -2.02. The normalized spacial score (nSPS) is 10.5. The molecule has 2 aromatic heterocycles. The first kappa shape index (κ1) is 14.4. The highest BCUT2D eigenvalue weighted by Gasteiger charge is 2.18. The third kappa shape index (κ3) is 3.30. The molecule has 0 aliphatic carbocycles. The van der Waals surface area contributed by atoms with Gasteiger partial charge in [-0.2, -0.15) is 0 Å². The number of nitro groups is 1. The summed E-state index contributed by atoms with van der Waals surface area (Å²) in [6, 6.07) is 4.88. The number of aromatic nitrogens is 1. The van der Waals surface area contributed by atoms with E-state index >= 15 is 0 Å². The molecule has 0 fully saturated rings. The van der Waals surface area contributed by atoms with Gasteiger partial charge in [-0.1, -0.05) is 18.7 Å². The van der Waals surface area contributed by atoms with Gasteiger partial charge < -0.3 is 9.73 Å². The number of furan rings is 1. The highest BCUT2D eigenvalue weighted by molar-refractivity contribution is 7.99. The molecule has 0 aliphatic heterocycles. The van der Waals surface area contributed by atoms with Gasteiger partial charge in [-0.3, -0.25) is 10.1 Å². The van der Waals surface area contributed by atoms with Crippen LogP contribution in [-0.2, 0) is 0 Å². The van der Waals surface area contributed by atoms with Gasteiger partial charge in [-0.15, -0.1) is 0 Å². The van der Waals surface area contributed by atoms with Crippen LogP contribution in [0, 0.1) is 17.0 Å². The summed E-state index contributed by atoms with van der Waals surface area (Å²) in [5, 5.41) is 14.6. The number of rotatable bonds is 6. The van der Waals surface area contributed by atoms with Crippen molar-refractivity contribution in [2.24, 2.45) is 0 Å². The molecule has 106 valence electrons. The molecule has 0 aliphatic rings. The number of nitrogens with zero attached hydrogens (tertiary/aromatic N) is 2. The first-order valence-corrected chi connectivity index (χ1v) is 7.04. The molecule has 0 aromatic carbocycles. The summed E-state index contributed by atoms with van der Waals surface area (Å²) >= 11 is 1.24. The average Bonchev–Trinajstić information content (AvgIpc) is 2.82. The van der Waals surface area contributed by atoms with Crippen molar-refractivity contribution in [1.29, 1.82) is 0 Å². The Morgan fingerprint density at radius 3 is 2.85 bits per heavy atom. The van der Waals surface area contributed by atoms with Crippen LogP contribution in [0.2, 0.25) is 0 Å². The summed E-state index contributed by atoms with van der Waals surface area (Å²) in [5.41, 5.74) is -0.00218. The van der Waals surface area contributed by atoms with Crippen molar-refractivity contribution in [1.82, 2.24) is 4.98 Å². The lowest BCUT2D eigenvalue weighted by Crippen LogP contribution is -2.03. The fraction of sp³-hybridized carbons (Fsp3) is 0.308. The largest absolute Gasteiger partial charge is 0.468 e. The van der Waals surface area contributed by atoms with E-state index in [0.29, 0.717) is 10.8 Å². The first-order valence-electron chi connectivity index (χ1n) is 6.23. The predicted molar refractivity (Wildman–Crippen MR) is 77.2 cm³/mol. The Kier molecular flexibility index (Phi) is 4.62. The van der Waals surface area contributed by atoms with Crippen molar-refractivity contribution in [3.63, 3.8) is 0 Å². The van der Waals surface area contributed by atoms with E-state index in [1.807, 2.05) is 13.8 Å². The van der Waals surface area contributed by atoms with Crippen molar-refractivity contribution in [2.75, 3.05) is 11.9 Å². The second-order valence-electron chi connectivity index (χ2n) is 4.15. The lowest BCUT2D eigenvalue weighted by molar-refractivity contribution is -0.388. The minimum atomic E-state index is -0.422. The van der Waals surface area contributed by atoms with Crippen molar-refractivity contribution in [3.05, 3.63) is 40.3 Å². The molecule has 0 spiro atoms. The zero-order valence-electron chi connectivity index (χ0n) is 11.3. The molecule has 2 aromatic rings. The molecule has 7 heteroatoms. The highest BCUT2D eigenvalue weighted by Crippen LogP contribution is 2.36. The summed E-state index contributed by atoms with van der Waals surface area (Å²) in [5.74, 6) is 1.36. The molecule has 2 rings (SSSR count). The van der Waals surface area contributed by atoms with E-state index in [1.165, 1.54) is 17.8 Å². The zero-order chi connectivity index (χ0) is 14.5. The van der Waals surface area contributed by atoms with Gasteiger partial charge >= 0.3 is 5.69 Å². The minimum absolute atomic E-state index is 0.00218. The van der Waals surface area contributed by atoms with Crippen LogP contribution < -0.4 is 5.32 Å². The van der Waals surface area contributed by atoms with Crippen LogP contribution in [0.4, 0.5) is 11.5 Å². The Morgan fingerprint density at radius 1 is 1.45 bits per heavy atom. The molecular formula is C13H15N3O3S. The maximum atomic E-state index is 11.1. The average molecular weight is 293 g/mol. The van der Waals surface area contributed by atoms with E-state index in [4.69, 9.17) is 4.42 Å². The van der Waals surface area contributed by atoms with Crippen molar-refractivity contribution >= 4 is 23.3 Å². The predicted octanol–water partition coefficient (Wildman–Crippen LogP) is 3.86. The van der Waals surface area contributed by atoms with E-state index < -0.39 is 4.92 Å². The van der Waals surface area contributed by atoms with Crippen molar-refractivity contribution in [3.8, 4) is 0 Å². The standard InChI is InChI=1S/C13H15N3O3S/c1-3-7-14-12-5-4-10(16(17)18)13(15-12)20-11-6-8-19-9(11)2/h4-6,8H,3,7H2,1-2H3,(H,14,15). The molecule has 0 atom stereocenters. The van der Waals surface area contributed by atoms with Crippen LogP contribution in [-0.4, -0.2) is 16.5 Å². The molecule has 20 heavy (non-hydrogen) atoms. The second-order valence-corrected chi connectivity index (χ2v) is 5.18. The first-order chi connectivity index (χ1) is 9.61. The van der Waals surface area contributed by atoms with Gasteiger partial charge in [-0.05, 0) is 25.5 Å². The zero-order valence-corrected chi connectivity index (χ0v) is 12.1. The van der Waals surface area contributed by atoms with Crippen LogP contribution in [0.1, 0.15) is 19.1 Å². The van der Waals surface area contributed by atoms with Gasteiger partial charge in [0.25, 0.3) is 0 Å². The van der Waals surface area contributed by atoms with E-state index in [0.717, 1.165) is 23.6 Å². The number of nitrogens with one attached hydrogen (secondary N) is 1. The SMILES string of the molecule is CCCNc1ccc([N+](=O)[O-])c(Sc2ccoc2C)n1. The maximum Gasteiger partial charge on any atom is 0.301 e. The third-order valence-electron chi connectivity index (χ3n) is 2.61. The van der Waals surface area contributed by atoms with E-state index in [-0.39, 0.29) is 5.69 Å². The van der Waals surface area contributed by atoms with Crippen LogP contribution in [0.15, 0.2) is 38.8 Å². The summed E-state index contributed by atoms with van der Waals surface area (Å²) in [7, 11) is 0. The molecule has 0 amide bonds. The van der Waals surface area contributed by atoms with Gasteiger partial charge in [0.2, 0.25) is 0 Å². The fourth-order valence-electron chi connectivity index (χ4n) is 1.58. The molecule has 0 radical (unpaired) electrons. The van der Waals surface area contributed by atoms with Gasteiger partial charge in [0, 0.05) is 12.6 Å². The topological polar surface area (TPSA) is 81.2 Å². The Balaban J connectivity index is 2.31. The molecule has 1 N–H and O–H groups in total. The van der Waals surface area contributed by atoms with Crippen LogP contribution >= 0.6 is 11.8 Å². The number of pyridine rings is 1. The smallest absolute Gasteiger partial charge is 0.301 e. The number of aryl methyl sites for hydroxylation is 1. The van der Waals surface area contributed by atoms with E-state index in [9.17, 15) is 10.1 Å². The van der Waals surface area contributed by atoms with Gasteiger partial charge in [-0.25, -0.2) is 4.98 Å². The summed E-state index contributed by atoms with van der Waals surface area (Å²) in [6.07, 6.45) is 2.52. The molecule has 6 nitrogen and oxygen atoms in total. The molecule has 0 unspecified atom stereocenters. The van der Waals surface area contributed by atoms with Gasteiger partial charge in [0.1, 0.15) is 11.6 Å². The summed E-state index contributed by atoms with van der Waals surface area (Å²) in [6.45, 7) is 4.63. The monoisotopic (exact) mass is 293 g/mol. The third-order valence-corrected chi connectivity index (χ3v) is 3.75. The summed E-state index contributed by atoms with van der Waals surface area (Å²) < 4.78 is 5.20. The minimum Gasteiger partial charge on any atom is -0.468 e. The highest BCUT2D eigenvalue weighted by atomic mass is 32.2. The van der Waals surface area contributed by atoms with Crippen LogP contribution in [0.25, 0.3) is 0 Å². The number of hydrogen-bond donors (Lipinski definition) is 1. The molecular weight excluding hydrogens is 278 g/mol. The van der Waals surface area contributed by atoms with Crippen LogP contribution in [0.3, 0.4) is 0 Å². The molecule has 0 bridgehead atoms. The number of anilines is 1. The second kappa shape index (κ2) is 6.42. The lowest BCUT2D eigenvalue weighted by atomic mass is 10.4. The van der Waals surface area contributed by atoms with Gasteiger partial charge in [0.15, 0.2) is 5.03 Å². The van der Waals surface area contributed by atoms with Crippen molar-refractivity contribution < 1.29 is 9.34 Å². The fourth-order valence-corrected chi connectivity index (χ4v) is 2.50. The quantitative estimate of drug-likeness (QED) is 0.643. The Bertz CT molecular complexity index is 613. The Morgan fingerprint density at radius 2 is 2.25 bits per heavy atom. The molecule has 0 saturated carbocycles. The number of hydrogen-bond acceptors (Lipinski definition) is 6. The molecule has 0 saturated heterocycles. The van der Waals surface area contributed by atoms with E-state index in [2.05, 4.69) is 10.3 Å². The van der Waals surface area contributed by atoms with Crippen LogP contribution in [0.5, 0.6) is 0 Å². The van der Waals surface area contributed by atoms with E-state index in [1.54, 1.807) is 18.4 Å². The Labute approximate surface area is 120 Å². The summed E-state index contributed by atoms with van der Waals surface area (Å²) in [4.78, 5) is 15.8.